The van der Waals surface area contributed by atoms with Crippen molar-refractivity contribution in [3.63, 3.8) is 0 Å². The van der Waals surface area contributed by atoms with Crippen molar-refractivity contribution in [1.82, 2.24) is 18.7 Å². The minimum atomic E-state index is -0.604. The number of carbonyl (C=O) groups is 1. The van der Waals surface area contributed by atoms with E-state index in [2.05, 4.69) is 10.4 Å². The molecule has 0 spiro atoms. The molecular formula is C21H20FN5O3. The average molecular weight is 409 g/mol. The smallest absolute Gasteiger partial charge is 0.322 e. The summed E-state index contributed by atoms with van der Waals surface area (Å²) in [5, 5.41) is 7.08. The first kappa shape index (κ1) is 19.6. The molecule has 0 saturated heterocycles. The Morgan fingerprint density at radius 1 is 1.10 bits per heavy atom. The Labute approximate surface area is 170 Å². The van der Waals surface area contributed by atoms with Gasteiger partial charge in [-0.2, -0.15) is 0 Å². The Morgan fingerprint density at radius 3 is 2.53 bits per heavy atom. The largest absolute Gasteiger partial charge is 0.352 e. The zero-order chi connectivity index (χ0) is 21.4. The lowest BCUT2D eigenvalue weighted by Gasteiger charge is -2.11. The van der Waals surface area contributed by atoms with Gasteiger partial charge in [0.25, 0.3) is 5.56 Å². The van der Waals surface area contributed by atoms with E-state index in [1.165, 1.54) is 27.2 Å². The summed E-state index contributed by atoms with van der Waals surface area (Å²) >= 11 is 0. The standard InChI is InChI=1S/C21H20FN5O3/c1-13(2)11-25-19(29)14-7-3-6-10-17(14)27-20(25)24-26(21(27)30)12-18(28)23-16-9-5-4-8-15(16)22/h3-10,13H,11-12H2,1-2H3,(H,23,28). The SMILES string of the molecule is CC(C)Cn1c(=O)c2ccccc2n2c(=O)n(CC(=O)Nc3ccccc3F)nc12. The van der Waals surface area contributed by atoms with Gasteiger partial charge in [0.05, 0.1) is 16.6 Å². The maximum atomic E-state index is 13.8. The van der Waals surface area contributed by atoms with Crippen LogP contribution in [0.15, 0.2) is 58.1 Å². The summed E-state index contributed by atoms with van der Waals surface area (Å²) in [5.41, 5.74) is -0.369. The molecule has 0 aliphatic carbocycles. The molecule has 9 heteroatoms. The summed E-state index contributed by atoms with van der Waals surface area (Å²) in [4.78, 5) is 38.4. The number of anilines is 1. The van der Waals surface area contributed by atoms with Crippen LogP contribution in [0.5, 0.6) is 0 Å². The second kappa shape index (κ2) is 7.58. The lowest BCUT2D eigenvalue weighted by molar-refractivity contribution is -0.117. The van der Waals surface area contributed by atoms with Crippen LogP contribution in [0.2, 0.25) is 0 Å². The highest BCUT2D eigenvalue weighted by Crippen LogP contribution is 2.13. The van der Waals surface area contributed by atoms with Crippen LogP contribution >= 0.6 is 0 Å². The van der Waals surface area contributed by atoms with Gasteiger partial charge >= 0.3 is 5.69 Å². The summed E-state index contributed by atoms with van der Waals surface area (Å²) in [5.74, 6) is -0.883. The van der Waals surface area contributed by atoms with Crippen molar-refractivity contribution >= 4 is 28.3 Å². The molecule has 2 aromatic carbocycles. The van der Waals surface area contributed by atoms with Crippen LogP contribution in [0, 0.1) is 11.7 Å². The maximum absolute atomic E-state index is 13.8. The number of hydrogen-bond donors (Lipinski definition) is 1. The van der Waals surface area contributed by atoms with E-state index in [1.54, 1.807) is 30.3 Å². The topological polar surface area (TPSA) is 90.4 Å². The minimum Gasteiger partial charge on any atom is -0.322 e. The van der Waals surface area contributed by atoms with E-state index in [1.807, 2.05) is 13.8 Å². The highest BCUT2D eigenvalue weighted by atomic mass is 19.1. The first-order valence-electron chi connectivity index (χ1n) is 9.52. The lowest BCUT2D eigenvalue weighted by atomic mass is 10.2. The molecule has 1 N–H and O–H groups in total. The van der Waals surface area contributed by atoms with Crippen molar-refractivity contribution in [2.75, 3.05) is 5.32 Å². The van der Waals surface area contributed by atoms with E-state index in [4.69, 9.17) is 0 Å². The fourth-order valence-corrected chi connectivity index (χ4v) is 3.39. The van der Waals surface area contributed by atoms with Crippen LogP contribution in [-0.2, 0) is 17.9 Å². The lowest BCUT2D eigenvalue weighted by Crippen LogP contribution is -2.29. The van der Waals surface area contributed by atoms with Gasteiger partial charge in [0.15, 0.2) is 0 Å². The van der Waals surface area contributed by atoms with E-state index in [9.17, 15) is 18.8 Å². The Kier molecular flexibility index (Phi) is 4.94. The maximum Gasteiger partial charge on any atom is 0.352 e. The van der Waals surface area contributed by atoms with Crippen molar-refractivity contribution < 1.29 is 9.18 Å². The Hall–Kier alpha value is -3.75. The molecule has 0 aliphatic rings. The van der Waals surface area contributed by atoms with Gasteiger partial charge in [0, 0.05) is 6.54 Å². The molecule has 0 aliphatic heterocycles. The molecule has 0 atom stereocenters. The number of fused-ring (bicyclic) bond motifs is 3. The van der Waals surface area contributed by atoms with Gasteiger partial charge in [-0.15, -0.1) is 5.10 Å². The first-order valence-corrected chi connectivity index (χ1v) is 9.52. The molecule has 4 rings (SSSR count). The van der Waals surface area contributed by atoms with E-state index in [0.717, 1.165) is 4.68 Å². The van der Waals surface area contributed by atoms with Gasteiger partial charge in [0.2, 0.25) is 11.7 Å². The van der Waals surface area contributed by atoms with E-state index in [-0.39, 0.29) is 22.9 Å². The fourth-order valence-electron chi connectivity index (χ4n) is 3.39. The molecule has 4 aromatic rings. The molecule has 1 amide bonds. The Bertz CT molecular complexity index is 1380. The average Bonchev–Trinajstić information content (AvgIpc) is 3.03. The van der Waals surface area contributed by atoms with Crippen LogP contribution in [0.25, 0.3) is 16.7 Å². The number of amides is 1. The predicted molar refractivity (Wildman–Crippen MR) is 111 cm³/mol. The number of rotatable bonds is 5. The quantitative estimate of drug-likeness (QED) is 0.547. The van der Waals surface area contributed by atoms with Crippen molar-refractivity contribution in [2.24, 2.45) is 5.92 Å². The van der Waals surface area contributed by atoms with Gasteiger partial charge in [0.1, 0.15) is 12.4 Å². The Morgan fingerprint density at radius 2 is 1.80 bits per heavy atom. The van der Waals surface area contributed by atoms with Crippen LogP contribution in [0.4, 0.5) is 10.1 Å². The van der Waals surface area contributed by atoms with Crippen LogP contribution in [-0.4, -0.2) is 24.7 Å². The highest BCUT2D eigenvalue weighted by molar-refractivity contribution is 5.90. The molecule has 0 saturated carbocycles. The van der Waals surface area contributed by atoms with Crippen LogP contribution < -0.4 is 16.6 Å². The molecule has 8 nitrogen and oxygen atoms in total. The van der Waals surface area contributed by atoms with E-state index in [0.29, 0.717) is 17.4 Å². The fraction of sp³-hybridized carbons (Fsp3) is 0.238. The van der Waals surface area contributed by atoms with Crippen molar-refractivity contribution in [3.05, 3.63) is 75.2 Å². The first-order chi connectivity index (χ1) is 14.4. The molecule has 2 aromatic heterocycles. The van der Waals surface area contributed by atoms with Crippen LogP contribution in [0.3, 0.4) is 0 Å². The molecule has 0 bridgehead atoms. The second-order valence-electron chi connectivity index (χ2n) is 7.43. The summed E-state index contributed by atoms with van der Waals surface area (Å²) in [7, 11) is 0. The van der Waals surface area contributed by atoms with Gasteiger partial charge < -0.3 is 5.32 Å². The van der Waals surface area contributed by atoms with Gasteiger partial charge in [-0.25, -0.2) is 18.3 Å². The highest BCUT2D eigenvalue weighted by Gasteiger charge is 2.19. The van der Waals surface area contributed by atoms with Crippen LogP contribution in [0.1, 0.15) is 13.8 Å². The van der Waals surface area contributed by atoms with Crippen molar-refractivity contribution in [2.45, 2.75) is 26.9 Å². The van der Waals surface area contributed by atoms with E-state index >= 15 is 0 Å². The second-order valence-corrected chi connectivity index (χ2v) is 7.43. The zero-order valence-corrected chi connectivity index (χ0v) is 16.5. The number of carbonyl (C=O) groups excluding carboxylic acids is 1. The van der Waals surface area contributed by atoms with Gasteiger partial charge in [-0.3, -0.25) is 14.2 Å². The third-order valence-corrected chi connectivity index (χ3v) is 4.67. The Balaban J connectivity index is 1.82. The molecule has 0 radical (unpaired) electrons. The summed E-state index contributed by atoms with van der Waals surface area (Å²) in [6.07, 6.45) is 0. The predicted octanol–water partition coefficient (Wildman–Crippen LogP) is 2.24. The molecular weight excluding hydrogens is 389 g/mol. The normalized spacial score (nSPS) is 11.5. The van der Waals surface area contributed by atoms with Crippen molar-refractivity contribution in [3.8, 4) is 0 Å². The minimum absolute atomic E-state index is 0.0153. The third kappa shape index (κ3) is 3.38. The third-order valence-electron chi connectivity index (χ3n) is 4.67. The summed E-state index contributed by atoms with van der Waals surface area (Å²) < 4.78 is 17.5. The number of nitrogens with one attached hydrogen (secondary N) is 1. The van der Waals surface area contributed by atoms with Crippen molar-refractivity contribution in [1.29, 1.82) is 0 Å². The van der Waals surface area contributed by atoms with E-state index < -0.39 is 24.0 Å². The molecule has 30 heavy (non-hydrogen) atoms. The number of hydrogen-bond acceptors (Lipinski definition) is 4. The molecule has 0 fully saturated rings. The zero-order valence-electron chi connectivity index (χ0n) is 16.5. The van der Waals surface area contributed by atoms with Gasteiger partial charge in [-0.05, 0) is 30.2 Å². The molecule has 2 heterocycles. The monoisotopic (exact) mass is 409 g/mol. The summed E-state index contributed by atoms with van der Waals surface area (Å²) in [6.45, 7) is 3.86. The number of aromatic nitrogens is 4. The number of para-hydroxylation sites is 2. The number of benzene rings is 2. The molecule has 0 unspecified atom stereocenters. The molecule has 154 valence electrons. The number of halogens is 1. The number of nitrogens with zero attached hydrogens (tertiary/aromatic N) is 4. The van der Waals surface area contributed by atoms with Gasteiger partial charge in [-0.1, -0.05) is 38.1 Å². The summed E-state index contributed by atoms with van der Waals surface area (Å²) in [6, 6.07) is 12.5.